The minimum Gasteiger partial charge on any atom is -0.467 e. The van der Waals surface area contributed by atoms with Crippen LogP contribution in [0, 0.1) is 11.3 Å². The summed E-state index contributed by atoms with van der Waals surface area (Å²) >= 11 is 7.33. The van der Waals surface area contributed by atoms with Crippen LogP contribution in [-0.4, -0.2) is 25.9 Å². The van der Waals surface area contributed by atoms with Gasteiger partial charge in [0.15, 0.2) is 11.0 Å². The number of hydrogen-bond acceptors (Lipinski definition) is 6. The molecule has 0 aliphatic heterocycles. The number of nitriles is 1. The fourth-order valence-electron chi connectivity index (χ4n) is 2.97. The lowest BCUT2D eigenvalue weighted by Gasteiger charge is -2.13. The lowest BCUT2D eigenvalue weighted by atomic mass is 10.2. The molecule has 1 unspecified atom stereocenters. The molecule has 4 aromatic rings. The third kappa shape index (κ3) is 5.02. The molecule has 4 rings (SSSR count). The zero-order chi connectivity index (χ0) is 22.5. The van der Waals surface area contributed by atoms with Gasteiger partial charge in [-0.2, -0.15) is 5.26 Å². The van der Waals surface area contributed by atoms with Crippen LogP contribution in [-0.2, 0) is 11.3 Å². The van der Waals surface area contributed by atoms with Crippen LogP contribution in [0.3, 0.4) is 0 Å². The van der Waals surface area contributed by atoms with E-state index in [4.69, 9.17) is 21.3 Å². The summed E-state index contributed by atoms with van der Waals surface area (Å²) in [5, 5.41) is 21.2. The molecule has 2 heterocycles. The number of carbonyl (C=O) groups is 1. The zero-order valence-corrected chi connectivity index (χ0v) is 18.6. The second kappa shape index (κ2) is 9.73. The fourth-order valence-corrected chi connectivity index (χ4v) is 3.95. The number of furan rings is 1. The molecule has 0 aliphatic rings. The summed E-state index contributed by atoms with van der Waals surface area (Å²) in [5.41, 5.74) is 2.02. The Morgan fingerprint density at radius 2 is 1.94 bits per heavy atom. The average molecular weight is 464 g/mol. The van der Waals surface area contributed by atoms with Crippen LogP contribution in [0.2, 0.25) is 5.02 Å². The molecule has 0 radical (unpaired) electrons. The molecule has 0 saturated carbocycles. The van der Waals surface area contributed by atoms with Crippen LogP contribution in [0.1, 0.15) is 18.2 Å². The van der Waals surface area contributed by atoms with E-state index in [1.807, 2.05) is 28.8 Å². The Hall–Kier alpha value is -3.54. The summed E-state index contributed by atoms with van der Waals surface area (Å²) in [5.74, 6) is 1.22. The van der Waals surface area contributed by atoms with E-state index in [2.05, 4.69) is 21.6 Å². The molecule has 0 aliphatic carbocycles. The van der Waals surface area contributed by atoms with Crippen molar-refractivity contribution < 1.29 is 9.21 Å². The van der Waals surface area contributed by atoms with Crippen molar-refractivity contribution in [3.8, 4) is 17.5 Å². The Balaban J connectivity index is 1.55. The van der Waals surface area contributed by atoms with Crippen molar-refractivity contribution in [2.75, 3.05) is 5.32 Å². The monoisotopic (exact) mass is 463 g/mol. The molecule has 2 aromatic carbocycles. The highest BCUT2D eigenvalue weighted by Gasteiger charge is 2.22. The van der Waals surface area contributed by atoms with Crippen molar-refractivity contribution in [2.24, 2.45) is 0 Å². The van der Waals surface area contributed by atoms with Crippen LogP contribution in [0.15, 0.2) is 76.5 Å². The van der Waals surface area contributed by atoms with Crippen LogP contribution in [0.5, 0.6) is 0 Å². The van der Waals surface area contributed by atoms with Crippen molar-refractivity contribution in [1.29, 1.82) is 5.26 Å². The zero-order valence-electron chi connectivity index (χ0n) is 17.0. The third-order valence-corrected chi connectivity index (χ3v) is 5.98. The number of benzene rings is 2. The Kier molecular flexibility index (Phi) is 6.59. The van der Waals surface area contributed by atoms with Crippen molar-refractivity contribution in [2.45, 2.75) is 23.9 Å². The normalized spacial score (nSPS) is 11.7. The molecule has 1 amide bonds. The standard InChI is InChI=1S/C23H18ClN5O2S/c1-15(22(30)26-19-10-4-16(13-25)5-11-19)32-23-28-27-21(17-6-8-18(24)9-7-17)29(23)14-20-3-2-12-31-20/h2-12,15H,14H2,1H3,(H,26,30). The maximum absolute atomic E-state index is 12.7. The van der Waals surface area contributed by atoms with Gasteiger partial charge in [-0.1, -0.05) is 23.4 Å². The Bertz CT molecular complexity index is 1250. The molecule has 160 valence electrons. The number of hydrogen-bond donors (Lipinski definition) is 1. The minimum absolute atomic E-state index is 0.180. The first-order valence-electron chi connectivity index (χ1n) is 9.72. The number of halogens is 1. The summed E-state index contributed by atoms with van der Waals surface area (Å²) in [6, 6.07) is 19.8. The van der Waals surface area contributed by atoms with Crippen LogP contribution in [0.25, 0.3) is 11.4 Å². The topological polar surface area (TPSA) is 96.7 Å². The molecule has 7 nitrogen and oxygen atoms in total. The first-order chi connectivity index (χ1) is 15.5. The number of nitrogens with one attached hydrogen (secondary N) is 1. The molecular formula is C23H18ClN5O2S. The Morgan fingerprint density at radius 3 is 2.59 bits per heavy atom. The predicted octanol–water partition coefficient (Wildman–Crippen LogP) is 5.23. The van der Waals surface area contributed by atoms with Gasteiger partial charge in [0, 0.05) is 16.3 Å². The molecule has 32 heavy (non-hydrogen) atoms. The summed E-state index contributed by atoms with van der Waals surface area (Å²) in [7, 11) is 0. The molecule has 1 atom stereocenters. The molecular weight excluding hydrogens is 446 g/mol. The molecule has 0 fully saturated rings. The number of aromatic nitrogens is 3. The highest BCUT2D eigenvalue weighted by Crippen LogP contribution is 2.29. The molecule has 2 aromatic heterocycles. The first-order valence-corrected chi connectivity index (χ1v) is 11.0. The SMILES string of the molecule is CC(Sc1nnc(-c2ccc(Cl)cc2)n1Cc1ccco1)C(=O)Nc1ccc(C#N)cc1. The van der Waals surface area contributed by atoms with E-state index in [1.165, 1.54) is 11.8 Å². The number of nitrogens with zero attached hydrogens (tertiary/aromatic N) is 4. The maximum atomic E-state index is 12.7. The second-order valence-corrected chi connectivity index (χ2v) is 8.66. The number of amides is 1. The molecule has 9 heteroatoms. The van der Waals surface area contributed by atoms with Crippen molar-refractivity contribution in [3.05, 3.63) is 83.3 Å². The van der Waals surface area contributed by atoms with Gasteiger partial charge in [-0.25, -0.2) is 0 Å². The lowest BCUT2D eigenvalue weighted by Crippen LogP contribution is -2.23. The number of carbonyl (C=O) groups excluding carboxylic acids is 1. The summed E-state index contributed by atoms with van der Waals surface area (Å²) in [6.45, 7) is 2.22. The third-order valence-electron chi connectivity index (χ3n) is 4.65. The van der Waals surface area contributed by atoms with Gasteiger partial charge in [0.1, 0.15) is 5.76 Å². The predicted molar refractivity (Wildman–Crippen MR) is 123 cm³/mol. The van der Waals surface area contributed by atoms with Gasteiger partial charge in [0.05, 0.1) is 29.7 Å². The number of anilines is 1. The molecule has 0 spiro atoms. The second-order valence-electron chi connectivity index (χ2n) is 6.92. The summed E-state index contributed by atoms with van der Waals surface area (Å²) in [4.78, 5) is 12.7. The fraction of sp³-hybridized carbons (Fsp3) is 0.130. The van der Waals surface area contributed by atoms with Crippen LogP contribution >= 0.6 is 23.4 Å². The first kappa shape index (κ1) is 21.7. The van der Waals surface area contributed by atoms with Gasteiger partial charge in [0.25, 0.3) is 0 Å². The molecule has 1 N–H and O–H groups in total. The quantitative estimate of drug-likeness (QED) is 0.377. The van der Waals surface area contributed by atoms with Gasteiger partial charge in [-0.3, -0.25) is 9.36 Å². The van der Waals surface area contributed by atoms with Gasteiger partial charge < -0.3 is 9.73 Å². The van der Waals surface area contributed by atoms with Crippen LogP contribution < -0.4 is 5.32 Å². The molecule has 0 saturated heterocycles. The molecule has 0 bridgehead atoms. The summed E-state index contributed by atoms with van der Waals surface area (Å²) in [6.07, 6.45) is 1.61. The highest BCUT2D eigenvalue weighted by atomic mass is 35.5. The van der Waals surface area contributed by atoms with Gasteiger partial charge >= 0.3 is 0 Å². The smallest absolute Gasteiger partial charge is 0.237 e. The van der Waals surface area contributed by atoms with E-state index in [9.17, 15) is 4.79 Å². The largest absolute Gasteiger partial charge is 0.467 e. The van der Waals surface area contributed by atoms with Gasteiger partial charge in [-0.05, 0) is 67.6 Å². The number of rotatable bonds is 7. The van der Waals surface area contributed by atoms with E-state index in [1.54, 1.807) is 49.6 Å². The summed E-state index contributed by atoms with van der Waals surface area (Å²) < 4.78 is 7.43. The Labute approximate surface area is 194 Å². The van der Waals surface area contributed by atoms with E-state index in [0.717, 1.165) is 11.3 Å². The van der Waals surface area contributed by atoms with E-state index < -0.39 is 5.25 Å². The van der Waals surface area contributed by atoms with E-state index in [0.29, 0.717) is 33.8 Å². The van der Waals surface area contributed by atoms with Crippen molar-refractivity contribution in [3.63, 3.8) is 0 Å². The van der Waals surface area contributed by atoms with Crippen LogP contribution in [0.4, 0.5) is 5.69 Å². The highest BCUT2D eigenvalue weighted by molar-refractivity contribution is 8.00. The number of thioether (sulfide) groups is 1. The minimum atomic E-state index is -0.441. The maximum Gasteiger partial charge on any atom is 0.237 e. The van der Waals surface area contributed by atoms with Crippen molar-refractivity contribution >= 4 is 35.0 Å². The van der Waals surface area contributed by atoms with E-state index >= 15 is 0 Å². The average Bonchev–Trinajstić information content (AvgIpc) is 3.46. The van der Waals surface area contributed by atoms with E-state index in [-0.39, 0.29) is 5.91 Å². The Morgan fingerprint density at radius 1 is 1.19 bits per heavy atom. The lowest BCUT2D eigenvalue weighted by molar-refractivity contribution is -0.115. The van der Waals surface area contributed by atoms with Crippen molar-refractivity contribution in [1.82, 2.24) is 14.8 Å². The van der Waals surface area contributed by atoms with Gasteiger partial charge in [0.2, 0.25) is 5.91 Å². The van der Waals surface area contributed by atoms with Gasteiger partial charge in [-0.15, -0.1) is 10.2 Å².